The second kappa shape index (κ2) is 6.93. The molecular formula is C18H20FNO. The normalized spacial score (nSPS) is 10.9. The van der Waals surface area contributed by atoms with E-state index in [2.05, 4.69) is 5.32 Å². The molecule has 2 rings (SSSR count). The van der Waals surface area contributed by atoms with Crippen LogP contribution in [0.2, 0.25) is 0 Å². The molecule has 0 spiro atoms. The Morgan fingerprint density at radius 2 is 1.95 bits per heavy atom. The molecule has 0 aliphatic heterocycles. The lowest BCUT2D eigenvalue weighted by atomic mass is 10.0. The van der Waals surface area contributed by atoms with Crippen LogP contribution >= 0.6 is 0 Å². The van der Waals surface area contributed by atoms with Gasteiger partial charge in [0.05, 0.1) is 12.8 Å². The second-order valence-corrected chi connectivity index (χ2v) is 4.88. The number of halogens is 1. The molecule has 0 unspecified atom stereocenters. The highest BCUT2D eigenvalue weighted by atomic mass is 19.1. The number of hydrogen-bond acceptors (Lipinski definition) is 2. The number of ether oxygens (including phenoxy) is 1. The fourth-order valence-electron chi connectivity index (χ4n) is 2.22. The van der Waals surface area contributed by atoms with Crippen molar-refractivity contribution in [2.75, 3.05) is 19.0 Å². The van der Waals surface area contributed by atoms with Gasteiger partial charge >= 0.3 is 0 Å². The lowest BCUT2D eigenvalue weighted by Crippen LogP contribution is -2.01. The zero-order chi connectivity index (χ0) is 15.2. The summed E-state index contributed by atoms with van der Waals surface area (Å²) in [5, 5.41) is 3.30. The number of allylic oxidation sites excluding steroid dienone is 1. The Morgan fingerprint density at radius 3 is 2.62 bits per heavy atom. The van der Waals surface area contributed by atoms with Crippen LogP contribution in [0.4, 0.5) is 10.1 Å². The van der Waals surface area contributed by atoms with E-state index in [0.29, 0.717) is 0 Å². The fourth-order valence-corrected chi connectivity index (χ4v) is 2.22. The molecule has 0 fully saturated rings. The third-order valence-electron chi connectivity index (χ3n) is 3.22. The summed E-state index contributed by atoms with van der Waals surface area (Å²) in [7, 11) is 1.64. The van der Waals surface area contributed by atoms with Crippen LogP contribution in [0, 0.1) is 12.7 Å². The maximum Gasteiger partial charge on any atom is 0.141 e. The molecule has 21 heavy (non-hydrogen) atoms. The van der Waals surface area contributed by atoms with Crippen LogP contribution in [0.15, 0.2) is 48.6 Å². The number of hydrogen-bond donors (Lipinski definition) is 1. The summed E-state index contributed by atoms with van der Waals surface area (Å²) in [5.74, 6) is 0.556. The SMILES string of the molecule is C/C=C\CNc1cc(-c2cc(C)cc(F)c2)ccc1OC. The molecule has 0 saturated heterocycles. The van der Waals surface area contributed by atoms with E-state index in [1.165, 1.54) is 6.07 Å². The van der Waals surface area contributed by atoms with Gasteiger partial charge in [-0.2, -0.15) is 0 Å². The molecule has 0 aromatic heterocycles. The molecular weight excluding hydrogens is 265 g/mol. The van der Waals surface area contributed by atoms with E-state index < -0.39 is 0 Å². The molecule has 0 aliphatic rings. The first-order valence-electron chi connectivity index (χ1n) is 6.94. The summed E-state index contributed by atoms with van der Waals surface area (Å²) in [6.07, 6.45) is 4.01. The van der Waals surface area contributed by atoms with Crippen LogP contribution in [-0.2, 0) is 0 Å². The van der Waals surface area contributed by atoms with Gasteiger partial charge < -0.3 is 10.1 Å². The van der Waals surface area contributed by atoms with Crippen LogP contribution in [0.1, 0.15) is 12.5 Å². The van der Waals surface area contributed by atoms with Gasteiger partial charge in [-0.1, -0.05) is 24.3 Å². The summed E-state index contributed by atoms with van der Waals surface area (Å²) in [6, 6.07) is 10.9. The Morgan fingerprint density at radius 1 is 1.14 bits per heavy atom. The topological polar surface area (TPSA) is 21.3 Å². The summed E-state index contributed by atoms with van der Waals surface area (Å²) >= 11 is 0. The molecule has 0 radical (unpaired) electrons. The average molecular weight is 285 g/mol. The molecule has 0 atom stereocenters. The van der Waals surface area contributed by atoms with Crippen molar-refractivity contribution in [3.63, 3.8) is 0 Å². The van der Waals surface area contributed by atoms with Crippen molar-refractivity contribution in [3.05, 3.63) is 59.9 Å². The highest BCUT2D eigenvalue weighted by Gasteiger charge is 2.07. The molecule has 110 valence electrons. The molecule has 0 bridgehead atoms. The Hall–Kier alpha value is -2.29. The largest absolute Gasteiger partial charge is 0.495 e. The molecule has 0 amide bonds. The van der Waals surface area contributed by atoms with Crippen molar-refractivity contribution in [3.8, 4) is 16.9 Å². The molecule has 1 N–H and O–H groups in total. The highest BCUT2D eigenvalue weighted by molar-refractivity contribution is 5.72. The van der Waals surface area contributed by atoms with Gasteiger partial charge in [-0.3, -0.25) is 0 Å². The van der Waals surface area contributed by atoms with Crippen molar-refractivity contribution < 1.29 is 9.13 Å². The zero-order valence-corrected chi connectivity index (χ0v) is 12.6. The van der Waals surface area contributed by atoms with E-state index in [9.17, 15) is 4.39 Å². The Kier molecular flexibility index (Phi) is 4.99. The molecule has 0 heterocycles. The van der Waals surface area contributed by atoms with Gasteiger partial charge in [0.2, 0.25) is 0 Å². The second-order valence-electron chi connectivity index (χ2n) is 4.88. The maximum atomic E-state index is 13.6. The molecule has 3 heteroatoms. The number of anilines is 1. The van der Waals surface area contributed by atoms with Gasteiger partial charge in [-0.05, 0) is 54.8 Å². The summed E-state index contributed by atoms with van der Waals surface area (Å²) in [6.45, 7) is 4.59. The number of benzene rings is 2. The van der Waals surface area contributed by atoms with E-state index in [4.69, 9.17) is 4.74 Å². The first kappa shape index (κ1) is 15.1. The van der Waals surface area contributed by atoms with E-state index in [-0.39, 0.29) is 5.82 Å². The first-order valence-corrected chi connectivity index (χ1v) is 6.94. The van der Waals surface area contributed by atoms with E-state index in [0.717, 1.165) is 34.7 Å². The average Bonchev–Trinajstić information content (AvgIpc) is 2.46. The van der Waals surface area contributed by atoms with Gasteiger partial charge in [0.25, 0.3) is 0 Å². The lowest BCUT2D eigenvalue weighted by molar-refractivity contribution is 0.416. The van der Waals surface area contributed by atoms with Crippen LogP contribution < -0.4 is 10.1 Å². The van der Waals surface area contributed by atoms with Crippen LogP contribution in [0.3, 0.4) is 0 Å². The summed E-state index contributed by atoms with van der Waals surface area (Å²) < 4.78 is 18.9. The zero-order valence-electron chi connectivity index (χ0n) is 12.6. The van der Waals surface area contributed by atoms with E-state index in [1.54, 1.807) is 13.2 Å². The minimum absolute atomic E-state index is 0.218. The van der Waals surface area contributed by atoms with Gasteiger partial charge in [-0.25, -0.2) is 4.39 Å². The Balaban J connectivity index is 2.38. The number of aryl methyl sites for hydroxylation is 1. The molecule has 0 aliphatic carbocycles. The smallest absolute Gasteiger partial charge is 0.141 e. The minimum Gasteiger partial charge on any atom is -0.495 e. The third kappa shape index (κ3) is 3.85. The van der Waals surface area contributed by atoms with Crippen LogP contribution in [0.25, 0.3) is 11.1 Å². The molecule has 2 aromatic rings. The molecule has 0 saturated carbocycles. The number of rotatable bonds is 5. The summed E-state index contributed by atoms with van der Waals surface area (Å²) in [5.41, 5.74) is 3.63. The van der Waals surface area contributed by atoms with E-state index in [1.807, 2.05) is 50.3 Å². The van der Waals surface area contributed by atoms with Crippen LogP contribution in [0.5, 0.6) is 5.75 Å². The monoisotopic (exact) mass is 285 g/mol. The van der Waals surface area contributed by atoms with Gasteiger partial charge in [0, 0.05) is 6.54 Å². The minimum atomic E-state index is -0.218. The Labute approximate surface area is 125 Å². The fraction of sp³-hybridized carbons (Fsp3) is 0.222. The standard InChI is InChI=1S/C18H20FNO/c1-4-5-8-20-17-12-14(6-7-18(17)21-3)15-9-13(2)10-16(19)11-15/h4-7,9-12,20H,8H2,1-3H3/b5-4-. The molecule has 2 nitrogen and oxygen atoms in total. The maximum absolute atomic E-state index is 13.6. The van der Waals surface area contributed by atoms with Gasteiger partial charge in [0.1, 0.15) is 11.6 Å². The predicted molar refractivity (Wildman–Crippen MR) is 86.4 cm³/mol. The lowest BCUT2D eigenvalue weighted by Gasteiger charge is -2.12. The first-order chi connectivity index (χ1) is 10.1. The third-order valence-corrected chi connectivity index (χ3v) is 3.22. The van der Waals surface area contributed by atoms with Gasteiger partial charge in [0.15, 0.2) is 0 Å². The van der Waals surface area contributed by atoms with Gasteiger partial charge in [-0.15, -0.1) is 0 Å². The Bertz CT molecular complexity index is 629. The van der Waals surface area contributed by atoms with Crippen LogP contribution in [-0.4, -0.2) is 13.7 Å². The quantitative estimate of drug-likeness (QED) is 0.797. The van der Waals surface area contributed by atoms with Crippen molar-refractivity contribution in [2.45, 2.75) is 13.8 Å². The summed E-state index contributed by atoms with van der Waals surface area (Å²) in [4.78, 5) is 0. The highest BCUT2D eigenvalue weighted by Crippen LogP contribution is 2.31. The predicted octanol–water partition coefficient (Wildman–Crippen LogP) is 4.80. The van der Waals surface area contributed by atoms with Crippen molar-refractivity contribution in [1.82, 2.24) is 0 Å². The van der Waals surface area contributed by atoms with Crippen molar-refractivity contribution in [1.29, 1.82) is 0 Å². The van der Waals surface area contributed by atoms with Crippen molar-refractivity contribution in [2.24, 2.45) is 0 Å². The molecule has 2 aromatic carbocycles. The van der Waals surface area contributed by atoms with Crippen molar-refractivity contribution >= 4 is 5.69 Å². The van der Waals surface area contributed by atoms with E-state index >= 15 is 0 Å². The number of nitrogens with one attached hydrogen (secondary N) is 1. The number of methoxy groups -OCH3 is 1.